The van der Waals surface area contributed by atoms with E-state index >= 15 is 0 Å². The van der Waals surface area contributed by atoms with Crippen LogP contribution < -0.4 is 9.47 Å². The molecule has 272 valence electrons. The van der Waals surface area contributed by atoms with Gasteiger partial charge < -0.3 is 29.3 Å². The molecule has 1 aromatic rings. The van der Waals surface area contributed by atoms with Crippen LogP contribution in [0.25, 0.3) is 6.08 Å². The predicted molar refractivity (Wildman–Crippen MR) is 182 cm³/mol. The smallest absolute Gasteiger partial charge is 0.330 e. The molecule has 5 rings (SSSR count). The fraction of sp³-hybridized carbons (Fsp3) is 0.737. The summed E-state index contributed by atoms with van der Waals surface area (Å²) in [5, 5.41) is 31.2. The lowest BCUT2D eigenvalue weighted by molar-refractivity contribution is -0.757. The van der Waals surface area contributed by atoms with Crippen molar-refractivity contribution in [1.82, 2.24) is 0 Å². The largest absolute Gasteiger partial charge is 0.493 e. The number of carbonyl (C=O) groups excluding carboxylic acids is 2. The average molecular weight is 686 g/mol. The van der Waals surface area contributed by atoms with Crippen LogP contribution in [0.1, 0.15) is 103 Å². The second-order valence-corrected chi connectivity index (χ2v) is 15.6. The van der Waals surface area contributed by atoms with E-state index in [1.807, 2.05) is 0 Å². The molecule has 49 heavy (non-hydrogen) atoms. The molecule has 4 fully saturated rings. The third-order valence-corrected chi connectivity index (χ3v) is 13.0. The van der Waals surface area contributed by atoms with Crippen molar-refractivity contribution in [2.75, 3.05) is 20.3 Å². The molecule has 1 aromatic carbocycles. The Kier molecular flexibility index (Phi) is 12.0. The zero-order chi connectivity index (χ0) is 35.3. The van der Waals surface area contributed by atoms with Crippen molar-refractivity contribution in [3.05, 3.63) is 40.0 Å². The van der Waals surface area contributed by atoms with Gasteiger partial charge in [-0.1, -0.05) is 26.8 Å². The molecule has 11 nitrogen and oxygen atoms in total. The lowest BCUT2D eigenvalue weighted by atomic mass is 9.43. The average Bonchev–Trinajstić information content (AvgIpc) is 3.42. The summed E-state index contributed by atoms with van der Waals surface area (Å²) in [6.07, 6.45) is 12.3. The number of nitrogens with zero attached hydrogens (tertiary/aromatic N) is 1. The molecule has 4 aliphatic carbocycles. The van der Waals surface area contributed by atoms with E-state index in [-0.39, 0.29) is 42.2 Å². The van der Waals surface area contributed by atoms with Gasteiger partial charge in [-0.05, 0) is 141 Å². The summed E-state index contributed by atoms with van der Waals surface area (Å²) in [6.45, 7) is 7.24. The van der Waals surface area contributed by atoms with Gasteiger partial charge in [-0.3, -0.25) is 4.79 Å². The number of unbranched alkanes of at least 4 members (excludes halogenated alkanes) is 1. The van der Waals surface area contributed by atoms with Crippen molar-refractivity contribution in [1.29, 1.82) is 0 Å². The third kappa shape index (κ3) is 8.25. The van der Waals surface area contributed by atoms with Gasteiger partial charge in [0.25, 0.3) is 5.09 Å². The third-order valence-electron chi connectivity index (χ3n) is 13.0. The Morgan fingerprint density at radius 2 is 1.76 bits per heavy atom. The molecule has 4 saturated carbocycles. The van der Waals surface area contributed by atoms with Crippen molar-refractivity contribution in [2.24, 2.45) is 46.3 Å². The number of fused-ring (bicyclic) bond motifs is 5. The molecule has 0 aliphatic heterocycles. The number of rotatable bonds is 14. The van der Waals surface area contributed by atoms with Gasteiger partial charge in [-0.2, -0.15) is 0 Å². The molecule has 2 N–H and O–H groups in total. The SMILES string of the molecule is COc1cc(C=CC(=O)OCCCCO[N+](=O)[O-])ccc1OC(=O)CCC(C)C1CCC2C3C(O)CC4CC(O)CCC4(C)C3CCC12C. The van der Waals surface area contributed by atoms with E-state index in [9.17, 15) is 29.9 Å². The summed E-state index contributed by atoms with van der Waals surface area (Å²) >= 11 is 0. The van der Waals surface area contributed by atoms with E-state index in [1.54, 1.807) is 24.3 Å². The van der Waals surface area contributed by atoms with Crippen LogP contribution in [0.15, 0.2) is 24.3 Å². The first kappa shape index (κ1) is 37.1. The molecular formula is C38H55NO10. The highest BCUT2D eigenvalue weighted by Gasteiger charge is 2.62. The molecule has 0 spiro atoms. The number of carbonyl (C=O) groups is 2. The number of esters is 2. The molecule has 10 atom stereocenters. The number of hydrogen-bond donors (Lipinski definition) is 2. The first-order chi connectivity index (χ1) is 23.4. The monoisotopic (exact) mass is 685 g/mol. The number of ether oxygens (including phenoxy) is 3. The number of aliphatic hydroxyl groups excluding tert-OH is 2. The van der Waals surface area contributed by atoms with Crippen molar-refractivity contribution < 1.29 is 43.9 Å². The molecule has 0 radical (unpaired) electrons. The van der Waals surface area contributed by atoms with Gasteiger partial charge in [0, 0.05) is 12.5 Å². The van der Waals surface area contributed by atoms with Gasteiger partial charge in [0.1, 0.15) is 0 Å². The normalized spacial score (nSPS) is 34.3. The maximum atomic E-state index is 13.0. The Labute approximate surface area is 289 Å². The van der Waals surface area contributed by atoms with Gasteiger partial charge in [0.05, 0.1) is 32.5 Å². The van der Waals surface area contributed by atoms with Gasteiger partial charge in [-0.25, -0.2) is 4.79 Å². The summed E-state index contributed by atoms with van der Waals surface area (Å²) < 4.78 is 16.3. The van der Waals surface area contributed by atoms with Crippen molar-refractivity contribution in [2.45, 2.75) is 110 Å². The van der Waals surface area contributed by atoms with Crippen LogP contribution in [0, 0.1) is 56.5 Å². The first-order valence-electron chi connectivity index (χ1n) is 18.2. The first-order valence-corrected chi connectivity index (χ1v) is 18.2. The molecular weight excluding hydrogens is 630 g/mol. The van der Waals surface area contributed by atoms with Crippen LogP contribution in [0.2, 0.25) is 0 Å². The number of aliphatic hydroxyl groups is 2. The van der Waals surface area contributed by atoms with E-state index in [1.165, 1.54) is 13.2 Å². The van der Waals surface area contributed by atoms with Crippen LogP contribution in [0.4, 0.5) is 0 Å². The lowest BCUT2D eigenvalue weighted by Crippen LogP contribution is -2.58. The molecule has 0 saturated heterocycles. The Morgan fingerprint density at radius 1 is 1.02 bits per heavy atom. The number of methoxy groups -OCH3 is 1. The second kappa shape index (κ2) is 15.8. The highest BCUT2D eigenvalue weighted by molar-refractivity contribution is 5.87. The van der Waals surface area contributed by atoms with Gasteiger partial charge in [0.15, 0.2) is 11.5 Å². The summed E-state index contributed by atoms with van der Waals surface area (Å²) in [5.41, 5.74) is 1.02. The highest BCUT2D eigenvalue weighted by Crippen LogP contribution is 2.68. The zero-order valence-electron chi connectivity index (χ0n) is 29.5. The summed E-state index contributed by atoms with van der Waals surface area (Å²) in [4.78, 5) is 39.4. The number of benzene rings is 1. The van der Waals surface area contributed by atoms with Crippen LogP contribution in [0.3, 0.4) is 0 Å². The van der Waals surface area contributed by atoms with Crippen LogP contribution in [-0.4, -0.2) is 59.8 Å². The zero-order valence-corrected chi connectivity index (χ0v) is 29.5. The molecule has 0 heterocycles. The summed E-state index contributed by atoms with van der Waals surface area (Å²) in [5.74, 6) is 2.41. The minimum atomic E-state index is -0.853. The van der Waals surface area contributed by atoms with E-state index in [0.717, 1.165) is 57.8 Å². The van der Waals surface area contributed by atoms with Crippen LogP contribution >= 0.6 is 0 Å². The van der Waals surface area contributed by atoms with Crippen LogP contribution in [0.5, 0.6) is 11.5 Å². The van der Waals surface area contributed by atoms with E-state index in [4.69, 9.17) is 14.2 Å². The Morgan fingerprint density at radius 3 is 2.51 bits per heavy atom. The van der Waals surface area contributed by atoms with Gasteiger partial charge in [-0.15, -0.1) is 10.1 Å². The fourth-order valence-electron chi connectivity index (χ4n) is 10.5. The molecule has 10 unspecified atom stereocenters. The van der Waals surface area contributed by atoms with Gasteiger partial charge >= 0.3 is 11.9 Å². The minimum Gasteiger partial charge on any atom is -0.493 e. The Hall–Kier alpha value is -3.18. The quantitative estimate of drug-likeness (QED) is 0.0550. The lowest BCUT2D eigenvalue weighted by Gasteiger charge is -2.62. The second-order valence-electron chi connectivity index (χ2n) is 15.6. The van der Waals surface area contributed by atoms with Crippen molar-refractivity contribution in [3.8, 4) is 11.5 Å². The molecule has 11 heteroatoms. The van der Waals surface area contributed by atoms with E-state index in [0.29, 0.717) is 71.8 Å². The van der Waals surface area contributed by atoms with Gasteiger partial charge in [0.2, 0.25) is 0 Å². The maximum absolute atomic E-state index is 13.0. The molecule has 0 amide bonds. The van der Waals surface area contributed by atoms with Crippen molar-refractivity contribution >= 4 is 18.0 Å². The fourth-order valence-corrected chi connectivity index (χ4v) is 10.5. The Bertz CT molecular complexity index is 1370. The van der Waals surface area contributed by atoms with Crippen molar-refractivity contribution in [3.63, 3.8) is 0 Å². The molecule has 4 aliphatic rings. The summed E-state index contributed by atoms with van der Waals surface area (Å²) in [7, 11) is 1.49. The number of hydrogen-bond acceptors (Lipinski definition) is 10. The highest BCUT2D eigenvalue weighted by atomic mass is 16.9. The van der Waals surface area contributed by atoms with E-state index in [2.05, 4.69) is 25.6 Å². The van der Waals surface area contributed by atoms with E-state index < -0.39 is 11.1 Å². The minimum absolute atomic E-state index is 0.0447. The molecule has 0 aromatic heterocycles. The predicted octanol–water partition coefficient (Wildman–Crippen LogP) is 6.55. The standard InChI is InChI=1S/C38H55NO10/c1-24(28-10-11-29-36-30(16-18-38(28,29)3)37(2)17-15-27(40)22-26(37)23-31(36)41)7-13-35(43)49-32-12-8-25(21-33(32)46-4)9-14-34(42)47-19-5-6-20-48-39(44)45/h8-9,12,14,21,24,26-31,36,40-41H,5-7,10-11,13,15-20,22-23H2,1-4H3. The summed E-state index contributed by atoms with van der Waals surface area (Å²) in [6, 6.07) is 5.05. The maximum Gasteiger partial charge on any atom is 0.330 e. The Balaban J connectivity index is 1.11. The van der Waals surface area contributed by atoms with Crippen LogP contribution in [-0.2, 0) is 19.2 Å². The molecule has 0 bridgehead atoms. The topological polar surface area (TPSA) is 155 Å².